The van der Waals surface area contributed by atoms with Crippen LogP contribution in [0.3, 0.4) is 0 Å². The number of aromatic nitrogens is 3. The molecule has 2 heterocycles. The van der Waals surface area contributed by atoms with Crippen molar-refractivity contribution in [2.75, 3.05) is 19.8 Å². The lowest BCUT2D eigenvalue weighted by Gasteiger charge is -2.33. The van der Waals surface area contributed by atoms with Gasteiger partial charge in [-0.1, -0.05) is 0 Å². The Bertz CT molecular complexity index is 339. The van der Waals surface area contributed by atoms with Crippen molar-refractivity contribution in [2.24, 2.45) is 0 Å². The van der Waals surface area contributed by atoms with E-state index < -0.39 is 0 Å². The average molecular weight is 224 g/mol. The van der Waals surface area contributed by atoms with Crippen LogP contribution < -0.4 is 0 Å². The maximum atomic E-state index is 11.9. The molecule has 0 radical (unpaired) electrons. The van der Waals surface area contributed by atoms with Crippen LogP contribution >= 0.6 is 0 Å². The third kappa shape index (κ3) is 2.57. The molecule has 16 heavy (non-hydrogen) atoms. The average Bonchev–Trinajstić information content (AvgIpc) is 2.79. The minimum Gasteiger partial charge on any atom is -0.377 e. The highest BCUT2D eigenvalue weighted by Crippen LogP contribution is 2.08. The first kappa shape index (κ1) is 11.1. The first-order valence-electron chi connectivity index (χ1n) is 5.47. The van der Waals surface area contributed by atoms with Gasteiger partial charge in [-0.3, -0.25) is 9.48 Å². The summed E-state index contributed by atoms with van der Waals surface area (Å²) in [6.07, 6.45) is 3.56. The molecule has 1 saturated heterocycles. The smallest absolute Gasteiger partial charge is 0.224 e. The van der Waals surface area contributed by atoms with Crippen LogP contribution in [0.25, 0.3) is 0 Å². The summed E-state index contributed by atoms with van der Waals surface area (Å²) in [5.41, 5.74) is 0. The molecule has 1 aromatic rings. The van der Waals surface area contributed by atoms with E-state index in [9.17, 15) is 4.79 Å². The molecule has 1 aromatic heterocycles. The number of aryl methyl sites for hydroxylation is 1. The molecule has 6 nitrogen and oxygen atoms in total. The summed E-state index contributed by atoms with van der Waals surface area (Å²) in [6.45, 7) is 4.56. The molecule has 1 atom stereocenters. The first-order chi connectivity index (χ1) is 7.77. The SMILES string of the molecule is CC1COCCN1C(=O)CCn1cncn1. The molecule has 1 amide bonds. The van der Waals surface area contributed by atoms with Crippen molar-refractivity contribution < 1.29 is 9.53 Å². The van der Waals surface area contributed by atoms with Gasteiger partial charge in [-0.25, -0.2) is 4.98 Å². The van der Waals surface area contributed by atoms with Gasteiger partial charge in [0.1, 0.15) is 12.7 Å². The number of rotatable bonds is 3. The van der Waals surface area contributed by atoms with E-state index in [1.54, 1.807) is 11.0 Å². The minimum absolute atomic E-state index is 0.159. The largest absolute Gasteiger partial charge is 0.377 e. The van der Waals surface area contributed by atoms with Gasteiger partial charge in [-0.2, -0.15) is 5.10 Å². The van der Waals surface area contributed by atoms with Crippen molar-refractivity contribution in [3.8, 4) is 0 Å². The lowest BCUT2D eigenvalue weighted by molar-refractivity contribution is -0.139. The second-order valence-corrected chi connectivity index (χ2v) is 3.92. The second kappa shape index (κ2) is 5.07. The quantitative estimate of drug-likeness (QED) is 0.720. The molecule has 0 bridgehead atoms. The number of nitrogens with zero attached hydrogens (tertiary/aromatic N) is 4. The predicted octanol–water partition coefficient (Wildman–Crippen LogP) is -0.0845. The Morgan fingerprint density at radius 3 is 3.19 bits per heavy atom. The molecule has 1 aliphatic rings. The lowest BCUT2D eigenvalue weighted by Crippen LogP contribution is -2.47. The fourth-order valence-corrected chi connectivity index (χ4v) is 1.80. The molecule has 0 aliphatic carbocycles. The van der Waals surface area contributed by atoms with Crippen LogP contribution in [0.1, 0.15) is 13.3 Å². The number of hydrogen-bond donors (Lipinski definition) is 0. The summed E-state index contributed by atoms with van der Waals surface area (Å²) < 4.78 is 6.96. The first-order valence-corrected chi connectivity index (χ1v) is 5.47. The van der Waals surface area contributed by atoms with E-state index in [0.29, 0.717) is 32.7 Å². The predicted molar refractivity (Wildman–Crippen MR) is 56.6 cm³/mol. The van der Waals surface area contributed by atoms with Crippen molar-refractivity contribution >= 4 is 5.91 Å². The molecule has 88 valence electrons. The number of carbonyl (C=O) groups excluding carboxylic acids is 1. The van der Waals surface area contributed by atoms with E-state index >= 15 is 0 Å². The van der Waals surface area contributed by atoms with Gasteiger partial charge < -0.3 is 9.64 Å². The van der Waals surface area contributed by atoms with Gasteiger partial charge >= 0.3 is 0 Å². The number of ether oxygens (including phenoxy) is 1. The zero-order valence-electron chi connectivity index (χ0n) is 9.37. The Kier molecular flexibility index (Phi) is 3.51. The molecule has 0 aromatic carbocycles. The second-order valence-electron chi connectivity index (χ2n) is 3.92. The van der Waals surface area contributed by atoms with Gasteiger partial charge in [-0.05, 0) is 6.92 Å². The van der Waals surface area contributed by atoms with Crippen LogP contribution in [-0.2, 0) is 16.1 Å². The number of amides is 1. The van der Waals surface area contributed by atoms with Gasteiger partial charge in [0.25, 0.3) is 0 Å². The van der Waals surface area contributed by atoms with Crippen molar-refractivity contribution in [3.63, 3.8) is 0 Å². The molecule has 1 aliphatic heterocycles. The normalized spacial score (nSPS) is 21.1. The highest BCUT2D eigenvalue weighted by atomic mass is 16.5. The molecule has 6 heteroatoms. The van der Waals surface area contributed by atoms with Crippen LogP contribution in [0.15, 0.2) is 12.7 Å². The van der Waals surface area contributed by atoms with Crippen molar-refractivity contribution in [3.05, 3.63) is 12.7 Å². The van der Waals surface area contributed by atoms with E-state index in [2.05, 4.69) is 10.1 Å². The molecule has 2 rings (SSSR count). The highest BCUT2D eigenvalue weighted by Gasteiger charge is 2.23. The summed E-state index contributed by atoms with van der Waals surface area (Å²) in [4.78, 5) is 17.6. The minimum atomic E-state index is 0.159. The zero-order chi connectivity index (χ0) is 11.4. The summed E-state index contributed by atoms with van der Waals surface area (Å²) in [5.74, 6) is 0.159. The Hall–Kier alpha value is -1.43. The number of carbonyl (C=O) groups is 1. The Morgan fingerprint density at radius 1 is 1.62 bits per heavy atom. The van der Waals surface area contributed by atoms with Gasteiger partial charge in [0.05, 0.1) is 25.8 Å². The summed E-state index contributed by atoms with van der Waals surface area (Å²) in [6, 6.07) is 0.178. The van der Waals surface area contributed by atoms with Crippen LogP contribution in [0, 0.1) is 0 Å². The molecule has 0 saturated carbocycles. The molecule has 0 spiro atoms. The fourth-order valence-electron chi connectivity index (χ4n) is 1.80. The van der Waals surface area contributed by atoms with E-state index in [0.717, 1.165) is 0 Å². The van der Waals surface area contributed by atoms with E-state index in [-0.39, 0.29) is 11.9 Å². The summed E-state index contributed by atoms with van der Waals surface area (Å²) in [5, 5.41) is 3.96. The zero-order valence-corrected chi connectivity index (χ0v) is 9.37. The van der Waals surface area contributed by atoms with Gasteiger partial charge in [0.15, 0.2) is 0 Å². The molecular formula is C10H16N4O2. The topological polar surface area (TPSA) is 60.2 Å². The standard InChI is InChI=1S/C10H16N4O2/c1-9-6-16-5-4-14(9)10(15)2-3-13-8-11-7-12-13/h7-9H,2-6H2,1H3. The lowest BCUT2D eigenvalue weighted by atomic mass is 10.2. The van der Waals surface area contributed by atoms with E-state index in [1.165, 1.54) is 6.33 Å². The number of morpholine rings is 1. The fraction of sp³-hybridized carbons (Fsp3) is 0.700. The Balaban J connectivity index is 1.83. The van der Waals surface area contributed by atoms with Gasteiger partial charge in [0.2, 0.25) is 5.91 Å². The monoisotopic (exact) mass is 224 g/mol. The van der Waals surface area contributed by atoms with E-state index in [4.69, 9.17) is 4.74 Å². The maximum Gasteiger partial charge on any atom is 0.224 e. The maximum absolute atomic E-state index is 11.9. The third-order valence-corrected chi connectivity index (χ3v) is 2.71. The van der Waals surface area contributed by atoms with Crippen LogP contribution in [0.2, 0.25) is 0 Å². The Labute approximate surface area is 94.2 Å². The molecule has 1 unspecified atom stereocenters. The summed E-state index contributed by atoms with van der Waals surface area (Å²) >= 11 is 0. The Morgan fingerprint density at radius 2 is 2.50 bits per heavy atom. The van der Waals surface area contributed by atoms with Crippen LogP contribution in [-0.4, -0.2) is 51.4 Å². The highest BCUT2D eigenvalue weighted by molar-refractivity contribution is 5.76. The van der Waals surface area contributed by atoms with Crippen molar-refractivity contribution in [2.45, 2.75) is 25.9 Å². The van der Waals surface area contributed by atoms with Crippen molar-refractivity contribution in [1.82, 2.24) is 19.7 Å². The van der Waals surface area contributed by atoms with E-state index in [1.807, 2.05) is 11.8 Å². The number of hydrogen-bond acceptors (Lipinski definition) is 4. The van der Waals surface area contributed by atoms with Gasteiger partial charge in [-0.15, -0.1) is 0 Å². The molecule has 0 N–H and O–H groups in total. The van der Waals surface area contributed by atoms with Crippen molar-refractivity contribution in [1.29, 1.82) is 0 Å². The third-order valence-electron chi connectivity index (χ3n) is 2.71. The molecule has 1 fully saturated rings. The summed E-state index contributed by atoms with van der Waals surface area (Å²) in [7, 11) is 0. The van der Waals surface area contributed by atoms with Gasteiger partial charge in [0, 0.05) is 13.0 Å². The van der Waals surface area contributed by atoms with Crippen LogP contribution in [0.5, 0.6) is 0 Å². The van der Waals surface area contributed by atoms with Crippen LogP contribution in [0.4, 0.5) is 0 Å². The molecular weight excluding hydrogens is 208 g/mol.